The SMILES string of the molecule is O=C(c1ccsc1)N1CC[C@@H]2OCCN(c3cccnc3)[C@@H]2CC1. The summed E-state index contributed by atoms with van der Waals surface area (Å²) in [6.45, 7) is 3.15. The Balaban J connectivity index is 1.51. The van der Waals surface area contributed by atoms with Gasteiger partial charge in [-0.2, -0.15) is 11.3 Å². The van der Waals surface area contributed by atoms with Crippen LogP contribution in [-0.2, 0) is 4.74 Å². The second-order valence-corrected chi connectivity index (χ2v) is 7.04. The molecule has 6 heteroatoms. The summed E-state index contributed by atoms with van der Waals surface area (Å²) >= 11 is 1.57. The number of carbonyl (C=O) groups is 1. The van der Waals surface area contributed by atoms with E-state index in [0.29, 0.717) is 6.04 Å². The largest absolute Gasteiger partial charge is 0.374 e. The van der Waals surface area contributed by atoms with Gasteiger partial charge in [-0.05, 0) is 36.4 Å². The van der Waals surface area contributed by atoms with Gasteiger partial charge in [-0.1, -0.05) is 0 Å². The molecule has 2 saturated heterocycles. The first-order valence-corrected chi connectivity index (χ1v) is 9.37. The van der Waals surface area contributed by atoms with Gasteiger partial charge in [0, 0.05) is 31.2 Å². The van der Waals surface area contributed by atoms with E-state index >= 15 is 0 Å². The zero-order chi connectivity index (χ0) is 16.4. The number of likely N-dealkylation sites (tertiary alicyclic amines) is 1. The molecule has 24 heavy (non-hydrogen) atoms. The number of carbonyl (C=O) groups excluding carboxylic acids is 1. The number of pyridine rings is 1. The van der Waals surface area contributed by atoms with Crippen molar-refractivity contribution in [2.75, 3.05) is 31.1 Å². The van der Waals surface area contributed by atoms with Gasteiger partial charge < -0.3 is 14.5 Å². The van der Waals surface area contributed by atoms with Crippen LogP contribution < -0.4 is 4.90 Å². The Labute approximate surface area is 145 Å². The summed E-state index contributed by atoms with van der Waals surface area (Å²) in [6.07, 6.45) is 5.71. The number of nitrogens with zero attached hydrogens (tertiary/aromatic N) is 3. The number of anilines is 1. The average Bonchev–Trinajstić information content (AvgIpc) is 3.08. The molecule has 2 aliphatic rings. The molecular weight excluding hydrogens is 322 g/mol. The van der Waals surface area contributed by atoms with Crippen LogP contribution in [0.3, 0.4) is 0 Å². The molecule has 0 spiro atoms. The van der Waals surface area contributed by atoms with Crippen molar-refractivity contribution in [1.29, 1.82) is 0 Å². The van der Waals surface area contributed by atoms with Gasteiger partial charge in [0.2, 0.25) is 0 Å². The summed E-state index contributed by atoms with van der Waals surface area (Å²) in [5, 5.41) is 3.89. The van der Waals surface area contributed by atoms with E-state index in [-0.39, 0.29) is 12.0 Å². The molecule has 2 aromatic heterocycles. The van der Waals surface area contributed by atoms with E-state index in [1.807, 2.05) is 34.0 Å². The Kier molecular flexibility index (Phi) is 4.49. The van der Waals surface area contributed by atoms with Crippen LogP contribution in [0.25, 0.3) is 0 Å². The zero-order valence-electron chi connectivity index (χ0n) is 13.5. The Bertz CT molecular complexity index is 677. The number of fused-ring (bicyclic) bond motifs is 1. The highest BCUT2D eigenvalue weighted by Gasteiger charge is 2.36. The molecule has 0 radical (unpaired) electrons. The highest BCUT2D eigenvalue weighted by molar-refractivity contribution is 7.08. The normalized spacial score (nSPS) is 24.3. The number of hydrogen-bond donors (Lipinski definition) is 0. The average molecular weight is 343 g/mol. The molecule has 0 bridgehead atoms. The van der Waals surface area contributed by atoms with Crippen molar-refractivity contribution in [2.45, 2.75) is 25.0 Å². The topological polar surface area (TPSA) is 45.7 Å². The van der Waals surface area contributed by atoms with Crippen LogP contribution in [0, 0.1) is 0 Å². The molecule has 0 aromatic carbocycles. The van der Waals surface area contributed by atoms with Crippen molar-refractivity contribution in [3.63, 3.8) is 0 Å². The van der Waals surface area contributed by atoms with Gasteiger partial charge in [0.25, 0.3) is 5.91 Å². The third-order valence-electron chi connectivity index (χ3n) is 4.90. The summed E-state index contributed by atoms with van der Waals surface area (Å²) in [7, 11) is 0. The lowest BCUT2D eigenvalue weighted by atomic mass is 10.0. The highest BCUT2D eigenvalue weighted by Crippen LogP contribution is 2.28. The molecule has 0 unspecified atom stereocenters. The number of amides is 1. The van der Waals surface area contributed by atoms with Crippen LogP contribution in [0.1, 0.15) is 23.2 Å². The molecule has 0 aliphatic carbocycles. The molecule has 2 fully saturated rings. The lowest BCUT2D eigenvalue weighted by Crippen LogP contribution is -2.51. The van der Waals surface area contributed by atoms with Crippen LogP contribution in [0.2, 0.25) is 0 Å². The molecule has 2 aliphatic heterocycles. The van der Waals surface area contributed by atoms with Crippen molar-refractivity contribution >= 4 is 22.9 Å². The molecular formula is C18H21N3O2S. The van der Waals surface area contributed by atoms with Crippen LogP contribution in [-0.4, -0.2) is 54.2 Å². The number of aromatic nitrogens is 1. The number of thiophene rings is 1. The Morgan fingerprint density at radius 3 is 2.96 bits per heavy atom. The summed E-state index contributed by atoms with van der Waals surface area (Å²) in [5.74, 6) is 0.142. The lowest BCUT2D eigenvalue weighted by Gasteiger charge is -2.41. The van der Waals surface area contributed by atoms with Crippen molar-refractivity contribution in [2.24, 2.45) is 0 Å². The summed E-state index contributed by atoms with van der Waals surface area (Å²) in [4.78, 5) is 21.3. The third-order valence-corrected chi connectivity index (χ3v) is 5.59. The van der Waals surface area contributed by atoms with E-state index in [4.69, 9.17) is 4.74 Å². The van der Waals surface area contributed by atoms with Gasteiger partial charge in [0.15, 0.2) is 0 Å². The van der Waals surface area contributed by atoms with Gasteiger partial charge >= 0.3 is 0 Å². The van der Waals surface area contributed by atoms with E-state index in [0.717, 1.165) is 50.3 Å². The highest BCUT2D eigenvalue weighted by atomic mass is 32.1. The fourth-order valence-electron chi connectivity index (χ4n) is 3.70. The van der Waals surface area contributed by atoms with E-state index in [1.54, 1.807) is 17.5 Å². The van der Waals surface area contributed by atoms with E-state index in [1.165, 1.54) is 0 Å². The Morgan fingerprint density at radius 1 is 1.25 bits per heavy atom. The minimum atomic E-state index is 0.142. The zero-order valence-corrected chi connectivity index (χ0v) is 14.3. The molecule has 0 saturated carbocycles. The first-order chi connectivity index (χ1) is 11.8. The molecule has 2 atom stereocenters. The first kappa shape index (κ1) is 15.6. The van der Waals surface area contributed by atoms with Crippen molar-refractivity contribution < 1.29 is 9.53 Å². The number of ether oxygens (including phenoxy) is 1. The van der Waals surface area contributed by atoms with Crippen molar-refractivity contribution in [3.05, 3.63) is 46.9 Å². The Morgan fingerprint density at radius 2 is 2.17 bits per heavy atom. The molecule has 1 amide bonds. The fourth-order valence-corrected chi connectivity index (χ4v) is 4.33. The van der Waals surface area contributed by atoms with Crippen LogP contribution in [0.4, 0.5) is 5.69 Å². The number of morpholine rings is 1. The van der Waals surface area contributed by atoms with Gasteiger partial charge in [-0.3, -0.25) is 9.78 Å². The summed E-state index contributed by atoms with van der Waals surface area (Å²) < 4.78 is 6.03. The standard InChI is InChI=1S/C18H21N3O2S/c22-18(14-5-11-24-13-14)20-7-3-16-17(4-8-20)23-10-9-21(16)15-2-1-6-19-12-15/h1-2,5-6,11-13,16-17H,3-4,7-10H2/t16-,17+/m1/s1. The molecule has 2 aromatic rings. The minimum Gasteiger partial charge on any atom is -0.374 e. The van der Waals surface area contributed by atoms with Crippen molar-refractivity contribution in [1.82, 2.24) is 9.88 Å². The quantitative estimate of drug-likeness (QED) is 0.841. The summed E-state index contributed by atoms with van der Waals surface area (Å²) in [5.41, 5.74) is 1.95. The molecule has 5 nitrogen and oxygen atoms in total. The van der Waals surface area contributed by atoms with Gasteiger partial charge in [0.05, 0.1) is 36.2 Å². The number of hydrogen-bond acceptors (Lipinski definition) is 5. The second-order valence-electron chi connectivity index (χ2n) is 6.26. The number of rotatable bonds is 2. The maximum atomic E-state index is 12.6. The monoisotopic (exact) mass is 343 g/mol. The third kappa shape index (κ3) is 3.03. The molecule has 4 heterocycles. The minimum absolute atomic E-state index is 0.142. The van der Waals surface area contributed by atoms with Crippen LogP contribution >= 0.6 is 11.3 Å². The maximum absolute atomic E-state index is 12.6. The van der Waals surface area contributed by atoms with E-state index in [2.05, 4.69) is 16.0 Å². The second kappa shape index (κ2) is 6.91. The van der Waals surface area contributed by atoms with Gasteiger partial charge in [-0.15, -0.1) is 0 Å². The van der Waals surface area contributed by atoms with E-state index in [9.17, 15) is 4.79 Å². The van der Waals surface area contributed by atoms with E-state index < -0.39 is 0 Å². The van der Waals surface area contributed by atoms with Crippen LogP contribution in [0.15, 0.2) is 41.4 Å². The van der Waals surface area contributed by atoms with Gasteiger partial charge in [-0.25, -0.2) is 0 Å². The van der Waals surface area contributed by atoms with Crippen molar-refractivity contribution in [3.8, 4) is 0 Å². The van der Waals surface area contributed by atoms with Gasteiger partial charge in [0.1, 0.15) is 0 Å². The molecule has 4 rings (SSSR count). The fraction of sp³-hybridized carbons (Fsp3) is 0.444. The predicted molar refractivity (Wildman–Crippen MR) is 94.6 cm³/mol. The Hall–Kier alpha value is -1.92. The van der Waals surface area contributed by atoms with Crippen LogP contribution in [0.5, 0.6) is 0 Å². The predicted octanol–water partition coefficient (Wildman–Crippen LogP) is 2.65. The first-order valence-electron chi connectivity index (χ1n) is 8.42. The molecule has 0 N–H and O–H groups in total. The lowest BCUT2D eigenvalue weighted by molar-refractivity contribution is 0.00907. The summed E-state index contributed by atoms with van der Waals surface area (Å²) in [6, 6.07) is 6.30. The smallest absolute Gasteiger partial charge is 0.254 e. The maximum Gasteiger partial charge on any atom is 0.254 e. The molecule has 126 valence electrons.